The van der Waals surface area contributed by atoms with E-state index in [2.05, 4.69) is 4.98 Å². The van der Waals surface area contributed by atoms with Crippen LogP contribution in [0.1, 0.15) is 17.2 Å². The van der Waals surface area contributed by atoms with Crippen LogP contribution in [0.25, 0.3) is 0 Å². The highest BCUT2D eigenvalue weighted by Gasteiger charge is 2.23. The number of rotatable bonds is 8. The second-order valence-electron chi connectivity index (χ2n) is 6.48. The van der Waals surface area contributed by atoms with Crippen LogP contribution in [0, 0.1) is 5.82 Å². The van der Waals surface area contributed by atoms with Gasteiger partial charge in [-0.1, -0.05) is 18.2 Å². The lowest BCUT2D eigenvalue weighted by molar-refractivity contribution is -0.145. The molecule has 9 heteroatoms. The van der Waals surface area contributed by atoms with E-state index in [0.29, 0.717) is 16.9 Å². The number of pyridine rings is 1. The molecule has 0 amide bonds. The summed E-state index contributed by atoms with van der Waals surface area (Å²) in [5, 5.41) is 9.43. The van der Waals surface area contributed by atoms with Gasteiger partial charge in [0.15, 0.2) is 0 Å². The zero-order valence-electron chi connectivity index (χ0n) is 16.0. The molecule has 0 radical (unpaired) electrons. The first-order valence-electron chi connectivity index (χ1n) is 8.87. The number of aromatic nitrogens is 1. The van der Waals surface area contributed by atoms with Gasteiger partial charge in [0.1, 0.15) is 11.6 Å². The van der Waals surface area contributed by atoms with Crippen molar-refractivity contribution in [3.8, 4) is 5.75 Å². The van der Waals surface area contributed by atoms with Crippen LogP contribution in [0.2, 0.25) is 0 Å². The van der Waals surface area contributed by atoms with E-state index in [4.69, 9.17) is 4.74 Å². The zero-order valence-corrected chi connectivity index (χ0v) is 16.8. The number of sulfonamides is 1. The molecule has 7 nitrogen and oxygen atoms in total. The van der Waals surface area contributed by atoms with Crippen LogP contribution >= 0.6 is 0 Å². The van der Waals surface area contributed by atoms with E-state index in [9.17, 15) is 22.7 Å². The molecule has 0 aliphatic heterocycles. The maximum atomic E-state index is 13.0. The van der Waals surface area contributed by atoms with Gasteiger partial charge in [-0.25, -0.2) is 17.6 Å². The predicted octanol–water partition coefficient (Wildman–Crippen LogP) is 3.25. The lowest BCUT2D eigenvalue weighted by atomic mass is 10.1. The third kappa shape index (κ3) is 5.00. The Morgan fingerprint density at radius 2 is 1.80 bits per heavy atom. The second kappa shape index (κ2) is 9.02. The molecule has 0 bridgehead atoms. The Bertz CT molecular complexity index is 1100. The molecule has 0 fully saturated rings. The Morgan fingerprint density at radius 3 is 2.37 bits per heavy atom. The largest absolute Gasteiger partial charge is 0.478 e. The quantitative estimate of drug-likeness (QED) is 0.589. The fourth-order valence-corrected chi connectivity index (χ4v) is 3.89. The van der Waals surface area contributed by atoms with E-state index in [-0.39, 0.29) is 11.4 Å². The Hall–Kier alpha value is -3.30. The molecule has 1 aromatic heterocycles. The maximum Gasteiger partial charge on any atom is 0.349 e. The van der Waals surface area contributed by atoms with Gasteiger partial charge in [-0.3, -0.25) is 4.98 Å². The summed E-state index contributed by atoms with van der Waals surface area (Å²) in [5.74, 6) is -1.35. The molecule has 2 aromatic carbocycles. The number of carbonyl (C=O) groups is 1. The van der Waals surface area contributed by atoms with Crippen LogP contribution in [-0.4, -0.2) is 35.8 Å². The lowest BCUT2D eigenvalue weighted by Gasteiger charge is -2.18. The molecule has 0 spiro atoms. The summed E-state index contributed by atoms with van der Waals surface area (Å²) in [4.78, 5) is 15.4. The third-order valence-electron chi connectivity index (χ3n) is 4.32. The molecule has 3 rings (SSSR count). The molecule has 0 saturated heterocycles. The second-order valence-corrected chi connectivity index (χ2v) is 8.53. The first-order valence-corrected chi connectivity index (χ1v) is 10.3. The molecule has 0 aliphatic rings. The normalized spacial score (nSPS) is 12.5. The molecule has 3 aromatic rings. The van der Waals surface area contributed by atoms with Crippen molar-refractivity contribution in [2.24, 2.45) is 0 Å². The summed E-state index contributed by atoms with van der Waals surface area (Å²) in [6, 6.07) is 14.3. The fourth-order valence-electron chi connectivity index (χ4n) is 2.73. The number of nitrogens with zero attached hydrogens (tertiary/aromatic N) is 2. The Balaban J connectivity index is 1.71. The van der Waals surface area contributed by atoms with Crippen molar-refractivity contribution in [1.82, 2.24) is 9.29 Å². The average molecular weight is 430 g/mol. The summed E-state index contributed by atoms with van der Waals surface area (Å²) in [6.07, 6.45) is 1.74. The van der Waals surface area contributed by atoms with E-state index in [1.807, 2.05) is 0 Å². The molecule has 1 atom stereocenters. The topological polar surface area (TPSA) is 96.8 Å². The molecule has 1 N–H and O–H groups in total. The SMILES string of the molecule is CN(Cc1ccc(OC(C(=O)O)c2cccnc2)cc1)S(=O)(=O)c1ccc(F)cc1. The number of benzene rings is 2. The van der Waals surface area contributed by atoms with Gasteiger partial charge in [0, 0.05) is 31.5 Å². The fraction of sp³-hybridized carbons (Fsp3) is 0.143. The third-order valence-corrected chi connectivity index (χ3v) is 6.13. The van der Waals surface area contributed by atoms with Crippen molar-refractivity contribution in [3.63, 3.8) is 0 Å². The van der Waals surface area contributed by atoms with Crippen molar-refractivity contribution in [1.29, 1.82) is 0 Å². The first-order chi connectivity index (χ1) is 14.3. The number of aliphatic carboxylic acids is 1. The highest BCUT2D eigenvalue weighted by Crippen LogP contribution is 2.23. The molecular weight excluding hydrogens is 411 g/mol. The van der Waals surface area contributed by atoms with E-state index in [1.54, 1.807) is 36.4 Å². The standard InChI is InChI=1S/C21H19FN2O5S/c1-24(30(27,28)19-10-6-17(22)7-11-19)14-15-4-8-18(9-5-15)29-20(21(25)26)16-3-2-12-23-13-16/h2-13,20H,14H2,1H3,(H,25,26). The van der Waals surface area contributed by atoms with Gasteiger partial charge in [-0.2, -0.15) is 4.31 Å². The van der Waals surface area contributed by atoms with Gasteiger partial charge in [-0.15, -0.1) is 0 Å². The Labute approximate surface area is 173 Å². The number of hydrogen-bond donors (Lipinski definition) is 1. The maximum absolute atomic E-state index is 13.0. The van der Waals surface area contributed by atoms with Crippen LogP contribution in [0.15, 0.2) is 78.0 Å². The number of carboxylic acid groups (broad SMARTS) is 1. The highest BCUT2D eigenvalue weighted by atomic mass is 32.2. The average Bonchev–Trinajstić information content (AvgIpc) is 2.74. The number of ether oxygens (including phenoxy) is 1. The molecule has 0 saturated carbocycles. The van der Waals surface area contributed by atoms with Gasteiger partial charge in [-0.05, 0) is 48.0 Å². The van der Waals surface area contributed by atoms with Crippen molar-refractivity contribution in [3.05, 3.63) is 90.0 Å². The molecule has 30 heavy (non-hydrogen) atoms. The van der Waals surface area contributed by atoms with Gasteiger partial charge in [0.25, 0.3) is 0 Å². The minimum absolute atomic E-state index is 0.00729. The minimum atomic E-state index is -3.78. The van der Waals surface area contributed by atoms with Crippen molar-refractivity contribution < 1.29 is 27.4 Å². The van der Waals surface area contributed by atoms with Gasteiger partial charge in [0.05, 0.1) is 4.90 Å². The predicted molar refractivity (Wildman–Crippen MR) is 107 cm³/mol. The monoisotopic (exact) mass is 430 g/mol. The van der Waals surface area contributed by atoms with Gasteiger partial charge in [0.2, 0.25) is 16.1 Å². The van der Waals surface area contributed by atoms with E-state index >= 15 is 0 Å². The van der Waals surface area contributed by atoms with E-state index in [1.165, 1.54) is 31.6 Å². The van der Waals surface area contributed by atoms with Crippen LogP contribution in [-0.2, 0) is 21.4 Å². The number of halogens is 1. The molecular formula is C21H19FN2O5S. The highest BCUT2D eigenvalue weighted by molar-refractivity contribution is 7.89. The summed E-state index contributed by atoms with van der Waals surface area (Å²) in [5.41, 5.74) is 1.07. The minimum Gasteiger partial charge on any atom is -0.478 e. The van der Waals surface area contributed by atoms with Gasteiger partial charge < -0.3 is 9.84 Å². The molecule has 1 unspecified atom stereocenters. The van der Waals surface area contributed by atoms with Crippen LogP contribution < -0.4 is 4.74 Å². The van der Waals surface area contributed by atoms with Crippen LogP contribution in [0.5, 0.6) is 5.75 Å². The Kier molecular flexibility index (Phi) is 6.43. The van der Waals surface area contributed by atoms with Crippen molar-refractivity contribution in [2.45, 2.75) is 17.5 Å². The zero-order chi connectivity index (χ0) is 21.7. The lowest BCUT2D eigenvalue weighted by Crippen LogP contribution is -2.26. The van der Waals surface area contributed by atoms with E-state index < -0.39 is 27.9 Å². The Morgan fingerprint density at radius 1 is 1.13 bits per heavy atom. The van der Waals surface area contributed by atoms with Crippen LogP contribution in [0.4, 0.5) is 4.39 Å². The summed E-state index contributed by atoms with van der Waals surface area (Å²) < 4.78 is 45.0. The molecule has 156 valence electrons. The van der Waals surface area contributed by atoms with E-state index in [0.717, 1.165) is 16.4 Å². The summed E-state index contributed by atoms with van der Waals surface area (Å²) in [7, 11) is -2.36. The van der Waals surface area contributed by atoms with Gasteiger partial charge >= 0.3 is 5.97 Å². The van der Waals surface area contributed by atoms with Crippen molar-refractivity contribution in [2.75, 3.05) is 7.05 Å². The molecule has 1 heterocycles. The first kappa shape index (κ1) is 21.4. The number of hydrogen-bond acceptors (Lipinski definition) is 5. The van der Waals surface area contributed by atoms with Crippen molar-refractivity contribution >= 4 is 16.0 Å². The smallest absolute Gasteiger partial charge is 0.349 e. The van der Waals surface area contributed by atoms with Crippen LogP contribution in [0.3, 0.4) is 0 Å². The summed E-state index contributed by atoms with van der Waals surface area (Å²) in [6.45, 7) is 0.0744. The number of carboxylic acids is 1. The molecule has 0 aliphatic carbocycles. The summed E-state index contributed by atoms with van der Waals surface area (Å²) >= 11 is 0.